The third-order valence-corrected chi connectivity index (χ3v) is 6.17. The van der Waals surface area contributed by atoms with Crippen molar-refractivity contribution in [2.75, 3.05) is 19.7 Å². The summed E-state index contributed by atoms with van der Waals surface area (Å²) >= 11 is 0. The number of rotatable bonds is 5. The van der Waals surface area contributed by atoms with E-state index in [0.717, 1.165) is 11.1 Å². The number of hydrogen-bond donors (Lipinski definition) is 0. The third-order valence-electron chi connectivity index (χ3n) is 6.17. The van der Waals surface area contributed by atoms with Gasteiger partial charge in [0, 0.05) is 12.0 Å². The Kier molecular flexibility index (Phi) is 5.88. The number of piperidine rings is 2. The quantitative estimate of drug-likeness (QED) is 0.726. The number of esters is 1. The molecule has 2 atom stereocenters. The summed E-state index contributed by atoms with van der Waals surface area (Å²) in [7, 11) is 0. The summed E-state index contributed by atoms with van der Waals surface area (Å²) in [4.78, 5) is 15.7. The van der Waals surface area contributed by atoms with Gasteiger partial charge >= 0.3 is 5.97 Å². The molecule has 0 N–H and O–H groups in total. The molecule has 0 aliphatic carbocycles. The first kappa shape index (κ1) is 18.2. The van der Waals surface area contributed by atoms with Crippen LogP contribution in [0.3, 0.4) is 0 Å². The van der Waals surface area contributed by atoms with E-state index in [1.165, 1.54) is 45.2 Å². The van der Waals surface area contributed by atoms with Crippen molar-refractivity contribution < 1.29 is 9.53 Å². The highest BCUT2D eigenvalue weighted by Crippen LogP contribution is 2.32. The number of nitrogens with zero attached hydrogens (tertiary/aromatic N) is 1. The van der Waals surface area contributed by atoms with Crippen molar-refractivity contribution in [2.45, 2.75) is 44.1 Å². The van der Waals surface area contributed by atoms with Crippen LogP contribution < -0.4 is 0 Å². The Bertz CT molecular complexity index is 689. The van der Waals surface area contributed by atoms with Crippen LogP contribution in [-0.4, -0.2) is 36.6 Å². The first-order valence-electron chi connectivity index (χ1n) is 10.3. The largest absolute Gasteiger partial charge is 0.465 e. The van der Waals surface area contributed by atoms with E-state index in [0.29, 0.717) is 18.6 Å². The van der Waals surface area contributed by atoms with Crippen molar-refractivity contribution in [3.05, 3.63) is 71.8 Å². The van der Waals surface area contributed by atoms with Crippen LogP contribution in [0.15, 0.2) is 60.7 Å². The maximum atomic E-state index is 13.1. The molecule has 0 saturated carbocycles. The van der Waals surface area contributed by atoms with E-state index in [1.807, 2.05) is 60.7 Å². The topological polar surface area (TPSA) is 29.5 Å². The van der Waals surface area contributed by atoms with Gasteiger partial charge in [0.15, 0.2) is 0 Å². The summed E-state index contributed by atoms with van der Waals surface area (Å²) < 4.78 is 5.94. The van der Waals surface area contributed by atoms with Gasteiger partial charge in [0.05, 0.1) is 6.61 Å². The Labute approximate surface area is 162 Å². The van der Waals surface area contributed by atoms with Gasteiger partial charge < -0.3 is 4.74 Å². The van der Waals surface area contributed by atoms with Crippen molar-refractivity contribution in [1.29, 1.82) is 0 Å². The van der Waals surface area contributed by atoms with Gasteiger partial charge in [-0.2, -0.15) is 0 Å². The van der Waals surface area contributed by atoms with Crippen LogP contribution in [-0.2, 0) is 9.53 Å². The minimum absolute atomic E-state index is 0.125. The summed E-state index contributed by atoms with van der Waals surface area (Å²) in [5.74, 6) is 0.00831. The zero-order chi connectivity index (χ0) is 18.5. The second kappa shape index (κ2) is 8.71. The summed E-state index contributed by atoms with van der Waals surface area (Å²) in [6.45, 7) is 2.98. The lowest BCUT2D eigenvalue weighted by Gasteiger charge is -2.44. The first-order chi connectivity index (χ1) is 13.3. The molecule has 2 aliphatic rings. The number of fused-ring (bicyclic) bond motifs is 1. The van der Waals surface area contributed by atoms with Crippen LogP contribution in [0.5, 0.6) is 0 Å². The number of hydrogen-bond acceptors (Lipinski definition) is 3. The Morgan fingerprint density at radius 1 is 0.889 bits per heavy atom. The maximum absolute atomic E-state index is 13.1. The van der Waals surface area contributed by atoms with Crippen LogP contribution >= 0.6 is 0 Å². The molecule has 2 fully saturated rings. The summed E-state index contributed by atoms with van der Waals surface area (Å²) in [5.41, 5.74) is 1.99. The van der Waals surface area contributed by atoms with Gasteiger partial charge in [0.1, 0.15) is 5.92 Å². The molecule has 0 spiro atoms. The number of carbonyl (C=O) groups is 1. The van der Waals surface area contributed by atoms with E-state index < -0.39 is 0 Å². The molecule has 0 amide bonds. The fourth-order valence-corrected chi connectivity index (χ4v) is 4.80. The SMILES string of the molecule is O=C(OC[C@H]1CCCN2CCCC[C@H]12)C(c1ccccc1)c1ccccc1. The van der Waals surface area contributed by atoms with Crippen LogP contribution in [0.4, 0.5) is 0 Å². The fourth-order valence-electron chi connectivity index (χ4n) is 4.80. The van der Waals surface area contributed by atoms with Gasteiger partial charge in [-0.25, -0.2) is 0 Å². The molecule has 2 heterocycles. The molecule has 0 radical (unpaired) electrons. The standard InChI is InChI=1S/C24H29NO2/c26-24(27-18-21-14-9-17-25-16-8-7-15-22(21)25)23(19-10-3-1-4-11-19)20-12-5-2-6-13-20/h1-6,10-13,21-23H,7-9,14-18H2/t21-,22-/m1/s1. The van der Waals surface area contributed by atoms with Crippen molar-refractivity contribution in [3.63, 3.8) is 0 Å². The molecule has 2 saturated heterocycles. The average molecular weight is 364 g/mol. The Morgan fingerprint density at radius 2 is 1.52 bits per heavy atom. The highest BCUT2D eigenvalue weighted by atomic mass is 16.5. The van der Waals surface area contributed by atoms with Gasteiger partial charge in [-0.3, -0.25) is 9.69 Å². The molecule has 3 nitrogen and oxygen atoms in total. The Balaban J connectivity index is 1.47. The molecular formula is C24H29NO2. The van der Waals surface area contributed by atoms with Crippen molar-refractivity contribution in [1.82, 2.24) is 4.90 Å². The lowest BCUT2D eigenvalue weighted by Crippen LogP contribution is -2.49. The van der Waals surface area contributed by atoms with E-state index in [-0.39, 0.29) is 11.9 Å². The van der Waals surface area contributed by atoms with Crippen molar-refractivity contribution >= 4 is 5.97 Å². The highest BCUT2D eigenvalue weighted by molar-refractivity contribution is 5.82. The Morgan fingerprint density at radius 3 is 2.19 bits per heavy atom. The molecule has 0 bridgehead atoms. The minimum Gasteiger partial charge on any atom is -0.465 e. The number of ether oxygens (including phenoxy) is 1. The maximum Gasteiger partial charge on any atom is 0.317 e. The van der Waals surface area contributed by atoms with Gasteiger partial charge in [-0.15, -0.1) is 0 Å². The van der Waals surface area contributed by atoms with Gasteiger partial charge in [0.2, 0.25) is 0 Å². The van der Waals surface area contributed by atoms with E-state index in [1.54, 1.807) is 0 Å². The molecule has 2 aromatic rings. The zero-order valence-electron chi connectivity index (χ0n) is 15.9. The second-order valence-electron chi connectivity index (χ2n) is 7.89. The van der Waals surface area contributed by atoms with E-state index in [9.17, 15) is 4.79 Å². The van der Waals surface area contributed by atoms with Gasteiger partial charge in [-0.05, 0) is 49.9 Å². The lowest BCUT2D eigenvalue weighted by atomic mass is 9.84. The monoisotopic (exact) mass is 363 g/mol. The summed E-state index contributed by atoms with van der Waals surface area (Å²) in [6.07, 6.45) is 6.27. The average Bonchev–Trinajstić information content (AvgIpc) is 2.74. The lowest BCUT2D eigenvalue weighted by molar-refractivity contribution is -0.147. The van der Waals surface area contributed by atoms with E-state index >= 15 is 0 Å². The number of benzene rings is 2. The van der Waals surface area contributed by atoms with E-state index in [2.05, 4.69) is 4.90 Å². The molecular weight excluding hydrogens is 334 g/mol. The van der Waals surface area contributed by atoms with Crippen LogP contribution in [0.25, 0.3) is 0 Å². The second-order valence-corrected chi connectivity index (χ2v) is 7.89. The first-order valence-corrected chi connectivity index (χ1v) is 10.3. The molecule has 0 unspecified atom stereocenters. The normalized spacial score (nSPS) is 23.0. The predicted molar refractivity (Wildman–Crippen MR) is 108 cm³/mol. The van der Waals surface area contributed by atoms with Crippen molar-refractivity contribution in [3.8, 4) is 0 Å². The Hall–Kier alpha value is -2.13. The molecule has 4 rings (SSSR count). The van der Waals surface area contributed by atoms with Crippen molar-refractivity contribution in [2.24, 2.45) is 5.92 Å². The molecule has 2 aliphatic heterocycles. The molecule has 27 heavy (non-hydrogen) atoms. The number of carbonyl (C=O) groups excluding carboxylic acids is 1. The molecule has 3 heteroatoms. The third kappa shape index (κ3) is 4.24. The van der Waals surface area contributed by atoms with Gasteiger partial charge in [0.25, 0.3) is 0 Å². The zero-order valence-corrected chi connectivity index (χ0v) is 15.9. The van der Waals surface area contributed by atoms with E-state index in [4.69, 9.17) is 4.74 Å². The summed E-state index contributed by atoms with van der Waals surface area (Å²) in [5, 5.41) is 0. The highest BCUT2D eigenvalue weighted by Gasteiger charge is 2.34. The summed E-state index contributed by atoms with van der Waals surface area (Å²) in [6, 6.07) is 20.6. The fraction of sp³-hybridized carbons (Fsp3) is 0.458. The molecule has 0 aromatic heterocycles. The smallest absolute Gasteiger partial charge is 0.317 e. The molecule has 142 valence electrons. The molecule has 2 aromatic carbocycles. The minimum atomic E-state index is -0.349. The van der Waals surface area contributed by atoms with Gasteiger partial charge in [-0.1, -0.05) is 67.1 Å². The van der Waals surface area contributed by atoms with Crippen LogP contribution in [0.1, 0.15) is 49.1 Å². The van der Waals surface area contributed by atoms with Crippen LogP contribution in [0.2, 0.25) is 0 Å². The predicted octanol–water partition coefficient (Wildman–Crippen LogP) is 4.63. The van der Waals surface area contributed by atoms with Crippen LogP contribution in [0, 0.1) is 5.92 Å².